The van der Waals surface area contributed by atoms with Gasteiger partial charge in [0.1, 0.15) is 0 Å². The highest BCUT2D eigenvalue weighted by Crippen LogP contribution is 2.38. The van der Waals surface area contributed by atoms with E-state index in [0.29, 0.717) is 11.8 Å². The SMILES string of the molecule is O=C1C=CC(=O)N1C1CCC(CC2CCC(N3C(=O)C=CC3=O)CC2)CC1. The van der Waals surface area contributed by atoms with Crippen LogP contribution in [0.2, 0.25) is 0 Å². The summed E-state index contributed by atoms with van der Waals surface area (Å²) in [6.07, 6.45) is 14.5. The fraction of sp³-hybridized carbons (Fsp3) is 0.619. The van der Waals surface area contributed by atoms with E-state index in [9.17, 15) is 19.2 Å². The van der Waals surface area contributed by atoms with Gasteiger partial charge in [-0.2, -0.15) is 0 Å². The third-order valence-corrected chi connectivity index (χ3v) is 6.72. The summed E-state index contributed by atoms with van der Waals surface area (Å²) in [5.41, 5.74) is 0. The maximum atomic E-state index is 11.8. The molecule has 2 aliphatic carbocycles. The van der Waals surface area contributed by atoms with Gasteiger partial charge in [-0.25, -0.2) is 0 Å². The summed E-state index contributed by atoms with van der Waals surface area (Å²) in [5, 5.41) is 0. The molecule has 0 aromatic rings. The van der Waals surface area contributed by atoms with E-state index in [2.05, 4.69) is 0 Å². The topological polar surface area (TPSA) is 74.8 Å². The van der Waals surface area contributed by atoms with Gasteiger partial charge in [0.2, 0.25) is 0 Å². The van der Waals surface area contributed by atoms with Crippen LogP contribution in [0.4, 0.5) is 0 Å². The lowest BCUT2D eigenvalue weighted by molar-refractivity contribution is -0.141. The molecule has 0 saturated heterocycles. The summed E-state index contributed by atoms with van der Waals surface area (Å²) in [4.78, 5) is 50.2. The van der Waals surface area contributed by atoms with Crippen LogP contribution >= 0.6 is 0 Å². The minimum Gasteiger partial charge on any atom is -0.272 e. The van der Waals surface area contributed by atoms with Crippen LogP contribution in [0.1, 0.15) is 57.8 Å². The van der Waals surface area contributed by atoms with Crippen molar-refractivity contribution in [1.29, 1.82) is 0 Å². The highest BCUT2D eigenvalue weighted by Gasteiger charge is 2.36. The lowest BCUT2D eigenvalue weighted by Crippen LogP contribution is -2.43. The average molecular weight is 370 g/mol. The second-order valence-electron chi connectivity index (χ2n) is 8.34. The van der Waals surface area contributed by atoms with Crippen molar-refractivity contribution in [2.75, 3.05) is 0 Å². The quantitative estimate of drug-likeness (QED) is 0.712. The van der Waals surface area contributed by atoms with Crippen LogP contribution in [0.5, 0.6) is 0 Å². The highest BCUT2D eigenvalue weighted by atomic mass is 16.2. The number of amides is 4. The van der Waals surface area contributed by atoms with Crippen molar-refractivity contribution < 1.29 is 19.2 Å². The molecule has 0 spiro atoms. The Balaban J connectivity index is 1.22. The van der Waals surface area contributed by atoms with Gasteiger partial charge in [-0.05, 0) is 69.6 Å². The third kappa shape index (κ3) is 3.62. The maximum absolute atomic E-state index is 11.8. The van der Waals surface area contributed by atoms with Crippen molar-refractivity contribution in [2.45, 2.75) is 69.9 Å². The number of hydrogen-bond acceptors (Lipinski definition) is 4. The molecule has 144 valence electrons. The summed E-state index contributed by atoms with van der Waals surface area (Å²) in [7, 11) is 0. The molecule has 0 aromatic carbocycles. The summed E-state index contributed by atoms with van der Waals surface area (Å²) < 4.78 is 0. The average Bonchev–Trinajstić information content (AvgIpc) is 3.18. The first kappa shape index (κ1) is 18.1. The molecule has 0 N–H and O–H groups in total. The van der Waals surface area contributed by atoms with Crippen molar-refractivity contribution in [3.8, 4) is 0 Å². The normalized spacial score (nSPS) is 34.2. The minimum absolute atomic E-state index is 0.0617. The smallest absolute Gasteiger partial charge is 0.253 e. The number of carbonyl (C=O) groups is 4. The van der Waals surface area contributed by atoms with E-state index in [1.807, 2.05) is 0 Å². The molecule has 27 heavy (non-hydrogen) atoms. The Kier molecular flexibility index (Phi) is 4.98. The molecule has 4 aliphatic rings. The van der Waals surface area contributed by atoms with Gasteiger partial charge in [-0.15, -0.1) is 0 Å². The van der Waals surface area contributed by atoms with Gasteiger partial charge in [0.15, 0.2) is 0 Å². The lowest BCUT2D eigenvalue weighted by Gasteiger charge is -2.37. The Hall–Kier alpha value is -2.24. The van der Waals surface area contributed by atoms with Crippen LogP contribution in [-0.4, -0.2) is 45.5 Å². The molecule has 2 aliphatic heterocycles. The van der Waals surface area contributed by atoms with Crippen LogP contribution < -0.4 is 0 Å². The van der Waals surface area contributed by atoms with E-state index in [-0.39, 0.29) is 35.7 Å². The van der Waals surface area contributed by atoms with E-state index in [1.54, 1.807) is 0 Å². The molecular formula is C21H26N2O4. The van der Waals surface area contributed by atoms with Crippen LogP contribution in [0.15, 0.2) is 24.3 Å². The number of carbonyl (C=O) groups excluding carboxylic acids is 4. The zero-order chi connectivity index (χ0) is 19.0. The monoisotopic (exact) mass is 370 g/mol. The van der Waals surface area contributed by atoms with Crippen molar-refractivity contribution in [3.63, 3.8) is 0 Å². The fourth-order valence-electron chi connectivity index (χ4n) is 5.29. The number of imide groups is 2. The molecule has 2 saturated carbocycles. The Labute approximate surface area is 159 Å². The number of hydrogen-bond donors (Lipinski definition) is 0. The van der Waals surface area contributed by atoms with E-state index in [1.165, 1.54) is 40.5 Å². The fourth-order valence-corrected chi connectivity index (χ4v) is 5.29. The molecular weight excluding hydrogens is 344 g/mol. The van der Waals surface area contributed by atoms with Crippen molar-refractivity contribution >= 4 is 23.6 Å². The van der Waals surface area contributed by atoms with Gasteiger partial charge in [0.25, 0.3) is 23.6 Å². The van der Waals surface area contributed by atoms with E-state index in [0.717, 1.165) is 51.4 Å². The highest BCUT2D eigenvalue weighted by molar-refractivity contribution is 6.13. The van der Waals surface area contributed by atoms with E-state index < -0.39 is 0 Å². The first-order chi connectivity index (χ1) is 13.0. The van der Waals surface area contributed by atoms with Crippen LogP contribution in [0.3, 0.4) is 0 Å². The molecule has 6 nitrogen and oxygen atoms in total. The molecule has 0 unspecified atom stereocenters. The second-order valence-corrected chi connectivity index (χ2v) is 8.34. The van der Waals surface area contributed by atoms with Gasteiger partial charge in [-0.3, -0.25) is 29.0 Å². The first-order valence-corrected chi connectivity index (χ1v) is 10.1. The molecule has 4 rings (SSSR count). The molecule has 2 fully saturated rings. The predicted molar refractivity (Wildman–Crippen MR) is 98.1 cm³/mol. The molecule has 0 bridgehead atoms. The lowest BCUT2D eigenvalue weighted by atomic mass is 9.75. The van der Waals surface area contributed by atoms with Gasteiger partial charge < -0.3 is 0 Å². The summed E-state index contributed by atoms with van der Waals surface area (Å²) in [5.74, 6) is 0.648. The van der Waals surface area contributed by atoms with Crippen molar-refractivity contribution in [1.82, 2.24) is 9.80 Å². The molecule has 0 aromatic heterocycles. The van der Waals surface area contributed by atoms with Crippen LogP contribution in [0.25, 0.3) is 0 Å². The third-order valence-electron chi connectivity index (χ3n) is 6.72. The Bertz CT molecular complexity index is 614. The molecule has 2 heterocycles. The van der Waals surface area contributed by atoms with Crippen molar-refractivity contribution in [3.05, 3.63) is 24.3 Å². The zero-order valence-corrected chi connectivity index (χ0v) is 15.5. The molecule has 0 atom stereocenters. The van der Waals surface area contributed by atoms with Gasteiger partial charge in [0.05, 0.1) is 0 Å². The van der Waals surface area contributed by atoms with E-state index in [4.69, 9.17) is 0 Å². The second kappa shape index (κ2) is 7.41. The van der Waals surface area contributed by atoms with Gasteiger partial charge in [-0.1, -0.05) is 0 Å². The summed E-state index contributed by atoms with van der Waals surface area (Å²) >= 11 is 0. The Morgan fingerprint density at radius 1 is 0.556 bits per heavy atom. The maximum Gasteiger partial charge on any atom is 0.253 e. The zero-order valence-electron chi connectivity index (χ0n) is 15.5. The van der Waals surface area contributed by atoms with Crippen LogP contribution in [0, 0.1) is 11.8 Å². The van der Waals surface area contributed by atoms with Gasteiger partial charge >= 0.3 is 0 Å². The summed E-state index contributed by atoms with van der Waals surface area (Å²) in [6.45, 7) is 0. The predicted octanol–water partition coefficient (Wildman–Crippen LogP) is 2.34. The minimum atomic E-state index is -0.165. The van der Waals surface area contributed by atoms with Crippen LogP contribution in [-0.2, 0) is 19.2 Å². The molecule has 0 radical (unpaired) electrons. The standard InChI is InChI=1S/C21H26N2O4/c24-18-9-10-19(25)22(18)16-5-1-14(2-6-16)13-15-3-7-17(8-4-15)23-20(26)11-12-21(23)27/h9-12,14-17H,1-8,13H2. The first-order valence-electron chi connectivity index (χ1n) is 10.1. The number of rotatable bonds is 4. The van der Waals surface area contributed by atoms with Gasteiger partial charge in [0, 0.05) is 36.4 Å². The van der Waals surface area contributed by atoms with E-state index >= 15 is 0 Å². The Morgan fingerprint density at radius 3 is 1.15 bits per heavy atom. The largest absolute Gasteiger partial charge is 0.272 e. The summed E-state index contributed by atoms with van der Waals surface area (Å²) in [6, 6.07) is 0.123. The Morgan fingerprint density at radius 2 is 0.852 bits per heavy atom. The molecule has 6 heteroatoms. The van der Waals surface area contributed by atoms with Crippen molar-refractivity contribution in [2.24, 2.45) is 11.8 Å². The number of nitrogens with zero attached hydrogens (tertiary/aromatic N) is 2. The molecule has 4 amide bonds.